The quantitative estimate of drug-likeness (QED) is 0.365. The number of hydrogen-bond acceptors (Lipinski definition) is 4. The van der Waals surface area contributed by atoms with Crippen LogP contribution in [0.5, 0.6) is 0 Å². The molecule has 1 saturated heterocycles. The smallest absolute Gasteiger partial charge is 0.193 e. The Kier molecular flexibility index (Phi) is 7.01. The van der Waals surface area contributed by atoms with Gasteiger partial charge in [0, 0.05) is 0 Å². The first-order valence-electron chi connectivity index (χ1n) is 9.08. The van der Waals surface area contributed by atoms with Gasteiger partial charge in [-0.2, -0.15) is 0 Å². The van der Waals surface area contributed by atoms with Crippen molar-refractivity contribution in [2.24, 2.45) is 5.92 Å². The summed E-state index contributed by atoms with van der Waals surface area (Å²) in [5.41, 5.74) is -1.11. The summed E-state index contributed by atoms with van der Waals surface area (Å²) in [5.74, 6) is -0.534. The molecule has 1 heterocycles. The molecule has 1 rings (SSSR count). The second kappa shape index (κ2) is 7.87. The molecule has 0 radical (unpaired) electrons. The maximum atomic E-state index is 12.0. The molecular weight excluding hydrogens is 332 g/mol. The van der Waals surface area contributed by atoms with Crippen molar-refractivity contribution in [1.29, 1.82) is 0 Å². The van der Waals surface area contributed by atoms with Gasteiger partial charge in [0.15, 0.2) is 26.0 Å². The Morgan fingerprint density at radius 2 is 1.76 bits per heavy atom. The standard InChI is InChI=1S/C20H36O4Si/c1-10-11-16(2)12-13-17(23-25(8,9)18(3,4)5)20(14-21)15-22-19(6,7)24-20/h10-14,16-17H,15H2,1-9H3/b11-10-,13-12+/t16-,17+,20-/m0/s1. The number of hydrogen-bond donors (Lipinski definition) is 0. The Labute approximate surface area is 154 Å². The van der Waals surface area contributed by atoms with Crippen LogP contribution in [0.25, 0.3) is 0 Å². The third kappa shape index (κ3) is 5.61. The summed E-state index contributed by atoms with van der Waals surface area (Å²) < 4.78 is 18.3. The molecular formula is C20H36O4Si. The van der Waals surface area contributed by atoms with E-state index in [1.54, 1.807) is 0 Å². The summed E-state index contributed by atoms with van der Waals surface area (Å²) in [6.45, 7) is 18.9. The largest absolute Gasteiger partial charge is 0.407 e. The summed E-state index contributed by atoms with van der Waals surface area (Å²) in [7, 11) is -2.10. The Morgan fingerprint density at radius 3 is 2.16 bits per heavy atom. The molecule has 5 heteroatoms. The van der Waals surface area contributed by atoms with Crippen molar-refractivity contribution in [2.75, 3.05) is 6.61 Å². The highest BCUT2D eigenvalue weighted by Crippen LogP contribution is 2.41. The third-order valence-corrected chi connectivity index (χ3v) is 9.53. The second-order valence-electron chi connectivity index (χ2n) is 8.93. The van der Waals surface area contributed by atoms with Crippen molar-refractivity contribution in [3.63, 3.8) is 0 Å². The van der Waals surface area contributed by atoms with E-state index in [-0.39, 0.29) is 17.6 Å². The maximum Gasteiger partial charge on any atom is 0.193 e. The molecule has 0 aliphatic carbocycles. The van der Waals surface area contributed by atoms with Crippen molar-refractivity contribution in [2.45, 2.75) is 84.1 Å². The topological polar surface area (TPSA) is 44.8 Å². The fraction of sp³-hybridized carbons (Fsp3) is 0.750. The first kappa shape index (κ1) is 22.3. The number of carbonyl (C=O) groups is 1. The second-order valence-corrected chi connectivity index (χ2v) is 13.7. The Hall–Kier alpha value is -0.753. The molecule has 144 valence electrons. The molecule has 0 saturated carbocycles. The van der Waals surface area contributed by atoms with Gasteiger partial charge in [-0.05, 0) is 44.8 Å². The first-order valence-corrected chi connectivity index (χ1v) is 12.0. The van der Waals surface area contributed by atoms with Crippen LogP contribution in [0, 0.1) is 5.92 Å². The van der Waals surface area contributed by atoms with Crippen LogP contribution in [-0.2, 0) is 18.7 Å². The highest BCUT2D eigenvalue weighted by molar-refractivity contribution is 6.74. The number of carbonyl (C=O) groups excluding carboxylic acids is 1. The lowest BCUT2D eigenvalue weighted by Crippen LogP contribution is -2.54. The zero-order valence-electron chi connectivity index (χ0n) is 17.4. The molecule has 0 unspecified atom stereocenters. The molecule has 0 amide bonds. The molecule has 25 heavy (non-hydrogen) atoms. The lowest BCUT2D eigenvalue weighted by molar-refractivity contribution is -0.177. The van der Waals surface area contributed by atoms with Gasteiger partial charge in [-0.25, -0.2) is 0 Å². The minimum Gasteiger partial charge on any atom is -0.407 e. The summed E-state index contributed by atoms with van der Waals surface area (Å²) in [6.07, 6.45) is 8.54. The highest BCUT2D eigenvalue weighted by atomic mass is 28.4. The normalized spacial score (nSPS) is 27.1. The van der Waals surface area contributed by atoms with Crippen LogP contribution in [0.1, 0.15) is 48.5 Å². The van der Waals surface area contributed by atoms with Gasteiger partial charge in [-0.1, -0.05) is 52.0 Å². The van der Waals surface area contributed by atoms with Crippen LogP contribution in [0.3, 0.4) is 0 Å². The molecule has 4 nitrogen and oxygen atoms in total. The number of ether oxygens (including phenoxy) is 2. The average Bonchev–Trinajstić information content (AvgIpc) is 2.79. The average molecular weight is 369 g/mol. The number of allylic oxidation sites excluding steroid dienone is 3. The van der Waals surface area contributed by atoms with Crippen LogP contribution in [0.2, 0.25) is 18.1 Å². The van der Waals surface area contributed by atoms with Gasteiger partial charge >= 0.3 is 0 Å². The van der Waals surface area contributed by atoms with Crippen molar-refractivity contribution in [3.05, 3.63) is 24.3 Å². The van der Waals surface area contributed by atoms with Crippen LogP contribution < -0.4 is 0 Å². The predicted octanol–water partition coefficient (Wildman–Crippen LogP) is 4.87. The van der Waals surface area contributed by atoms with E-state index in [1.165, 1.54) is 0 Å². The first-order chi connectivity index (χ1) is 11.3. The Morgan fingerprint density at radius 1 is 1.16 bits per heavy atom. The monoisotopic (exact) mass is 368 g/mol. The van der Waals surface area contributed by atoms with Gasteiger partial charge in [0.1, 0.15) is 6.10 Å². The Bertz CT molecular complexity index is 516. The molecule has 0 aromatic carbocycles. The molecule has 0 spiro atoms. The van der Waals surface area contributed by atoms with E-state index in [0.717, 1.165) is 6.29 Å². The maximum absolute atomic E-state index is 12.0. The highest BCUT2D eigenvalue weighted by Gasteiger charge is 2.53. The van der Waals surface area contributed by atoms with E-state index in [4.69, 9.17) is 13.9 Å². The molecule has 1 aliphatic rings. The number of rotatable bonds is 7. The zero-order valence-corrected chi connectivity index (χ0v) is 18.4. The van der Waals surface area contributed by atoms with Gasteiger partial charge in [-0.15, -0.1) is 0 Å². The van der Waals surface area contributed by atoms with Crippen molar-refractivity contribution < 1.29 is 18.7 Å². The van der Waals surface area contributed by atoms with Crippen molar-refractivity contribution in [1.82, 2.24) is 0 Å². The van der Waals surface area contributed by atoms with E-state index in [0.29, 0.717) is 0 Å². The fourth-order valence-corrected chi connectivity index (χ4v) is 3.77. The molecule has 0 N–H and O–H groups in total. The fourth-order valence-electron chi connectivity index (χ4n) is 2.51. The Balaban J connectivity index is 3.21. The summed E-state index contributed by atoms with van der Waals surface area (Å²) >= 11 is 0. The van der Waals surface area contributed by atoms with Gasteiger partial charge in [0.05, 0.1) is 6.61 Å². The molecule has 3 atom stereocenters. The SMILES string of the molecule is C/C=C\[C@H](C)/C=C/[C@@H](O[Si](C)(C)C(C)(C)C)[C@]1(C=O)COC(C)(C)O1. The van der Waals surface area contributed by atoms with Crippen molar-refractivity contribution >= 4 is 14.6 Å². The minimum atomic E-state index is -2.10. The number of aldehydes is 1. The van der Waals surface area contributed by atoms with E-state index in [9.17, 15) is 4.79 Å². The predicted molar refractivity (Wildman–Crippen MR) is 105 cm³/mol. The molecule has 0 aromatic heterocycles. The zero-order chi connectivity index (χ0) is 19.5. The third-order valence-electron chi connectivity index (χ3n) is 5.08. The van der Waals surface area contributed by atoms with Crippen LogP contribution in [0.15, 0.2) is 24.3 Å². The minimum absolute atomic E-state index is 0.0348. The van der Waals surface area contributed by atoms with E-state index >= 15 is 0 Å². The summed E-state index contributed by atoms with van der Waals surface area (Å²) in [6, 6.07) is 0. The van der Waals surface area contributed by atoms with Crippen molar-refractivity contribution in [3.8, 4) is 0 Å². The van der Waals surface area contributed by atoms with Crippen LogP contribution >= 0.6 is 0 Å². The lowest BCUT2D eigenvalue weighted by atomic mass is 9.97. The molecule has 1 fully saturated rings. The van der Waals surface area contributed by atoms with E-state index in [1.807, 2.05) is 32.9 Å². The van der Waals surface area contributed by atoms with E-state index < -0.39 is 25.8 Å². The van der Waals surface area contributed by atoms with Gasteiger partial charge < -0.3 is 13.9 Å². The molecule has 0 aromatic rings. The van der Waals surface area contributed by atoms with Gasteiger partial charge in [0.25, 0.3) is 0 Å². The van der Waals surface area contributed by atoms with E-state index in [2.05, 4.69) is 52.9 Å². The van der Waals surface area contributed by atoms with Gasteiger partial charge in [-0.3, -0.25) is 4.79 Å². The molecule has 0 bridgehead atoms. The van der Waals surface area contributed by atoms with Gasteiger partial charge in [0.2, 0.25) is 0 Å². The van der Waals surface area contributed by atoms with Crippen LogP contribution in [0.4, 0.5) is 0 Å². The summed E-state index contributed by atoms with van der Waals surface area (Å²) in [5, 5.41) is 0.0348. The molecule has 1 aliphatic heterocycles. The lowest BCUT2D eigenvalue weighted by Gasteiger charge is -2.42. The van der Waals surface area contributed by atoms with Crippen LogP contribution in [-0.4, -0.2) is 38.7 Å². The summed E-state index contributed by atoms with van der Waals surface area (Å²) in [4.78, 5) is 12.0.